The number of rotatable bonds is 5. The molecule has 0 aliphatic rings. The maximum Gasteiger partial charge on any atom is 0.243 e. The van der Waals surface area contributed by atoms with Crippen molar-refractivity contribution in [2.24, 2.45) is 11.7 Å². The van der Waals surface area contributed by atoms with E-state index in [0.29, 0.717) is 23.7 Å². The standard InChI is InChI=1S/C15H23N3O2/c1-10(2)9-13(19)17-11-5-7-12(8-6-11)18-14(20)15(3,4)16/h5-8,10H,9,16H2,1-4H3,(H,17,19)(H,18,20). The average molecular weight is 277 g/mol. The van der Waals surface area contributed by atoms with Crippen LogP contribution < -0.4 is 16.4 Å². The summed E-state index contributed by atoms with van der Waals surface area (Å²) in [5.41, 5.74) is 6.13. The van der Waals surface area contributed by atoms with Crippen molar-refractivity contribution in [3.63, 3.8) is 0 Å². The summed E-state index contributed by atoms with van der Waals surface area (Å²) in [5.74, 6) is 0.0503. The highest BCUT2D eigenvalue weighted by molar-refractivity contribution is 5.97. The minimum Gasteiger partial charge on any atom is -0.326 e. The molecule has 5 heteroatoms. The molecule has 110 valence electrons. The second-order valence-corrected chi connectivity index (χ2v) is 5.90. The molecule has 1 aromatic carbocycles. The lowest BCUT2D eigenvalue weighted by Gasteiger charge is -2.17. The SMILES string of the molecule is CC(C)CC(=O)Nc1ccc(NC(=O)C(C)(C)N)cc1. The molecule has 2 amide bonds. The van der Waals surface area contributed by atoms with Gasteiger partial charge in [-0.3, -0.25) is 9.59 Å². The zero-order valence-electron chi connectivity index (χ0n) is 12.5. The predicted molar refractivity (Wildman–Crippen MR) is 81.4 cm³/mol. The van der Waals surface area contributed by atoms with Crippen molar-refractivity contribution in [3.8, 4) is 0 Å². The van der Waals surface area contributed by atoms with E-state index in [-0.39, 0.29) is 11.8 Å². The van der Waals surface area contributed by atoms with Crippen LogP contribution in [-0.4, -0.2) is 17.4 Å². The molecule has 0 aromatic heterocycles. The van der Waals surface area contributed by atoms with Crippen LogP contribution in [0, 0.1) is 5.92 Å². The van der Waals surface area contributed by atoms with Crippen LogP contribution in [0.2, 0.25) is 0 Å². The molecule has 0 atom stereocenters. The summed E-state index contributed by atoms with van der Waals surface area (Å²) in [6, 6.07) is 6.96. The van der Waals surface area contributed by atoms with Gasteiger partial charge in [-0.2, -0.15) is 0 Å². The summed E-state index contributed by atoms with van der Waals surface area (Å²) < 4.78 is 0. The molecule has 0 spiro atoms. The van der Waals surface area contributed by atoms with Gasteiger partial charge in [0.25, 0.3) is 0 Å². The summed E-state index contributed by atoms with van der Waals surface area (Å²) in [7, 11) is 0. The Kier molecular flexibility index (Phi) is 5.27. The van der Waals surface area contributed by atoms with E-state index in [2.05, 4.69) is 10.6 Å². The first-order valence-electron chi connectivity index (χ1n) is 6.68. The number of nitrogens with two attached hydrogens (primary N) is 1. The van der Waals surface area contributed by atoms with Crippen molar-refractivity contribution < 1.29 is 9.59 Å². The van der Waals surface area contributed by atoms with Gasteiger partial charge in [0, 0.05) is 17.8 Å². The Morgan fingerprint density at radius 2 is 1.55 bits per heavy atom. The van der Waals surface area contributed by atoms with Crippen LogP contribution >= 0.6 is 0 Å². The van der Waals surface area contributed by atoms with E-state index < -0.39 is 5.54 Å². The Morgan fingerprint density at radius 3 is 1.95 bits per heavy atom. The summed E-state index contributed by atoms with van der Waals surface area (Å²) >= 11 is 0. The van der Waals surface area contributed by atoms with E-state index in [1.165, 1.54) is 0 Å². The van der Waals surface area contributed by atoms with Gasteiger partial charge >= 0.3 is 0 Å². The molecule has 0 radical (unpaired) electrons. The molecule has 5 nitrogen and oxygen atoms in total. The highest BCUT2D eigenvalue weighted by Crippen LogP contribution is 2.15. The van der Waals surface area contributed by atoms with Crippen molar-refractivity contribution in [1.82, 2.24) is 0 Å². The van der Waals surface area contributed by atoms with Crippen LogP contribution in [0.4, 0.5) is 11.4 Å². The Labute approximate surface area is 119 Å². The molecule has 0 fully saturated rings. The maximum absolute atomic E-state index is 11.7. The molecule has 0 saturated heterocycles. The number of anilines is 2. The van der Waals surface area contributed by atoms with Crippen molar-refractivity contribution in [2.75, 3.05) is 10.6 Å². The lowest BCUT2D eigenvalue weighted by Crippen LogP contribution is -2.45. The van der Waals surface area contributed by atoms with E-state index in [0.717, 1.165) is 0 Å². The smallest absolute Gasteiger partial charge is 0.243 e. The fourth-order valence-electron chi connectivity index (χ4n) is 1.51. The summed E-state index contributed by atoms with van der Waals surface area (Å²) in [6.45, 7) is 7.27. The van der Waals surface area contributed by atoms with Crippen LogP contribution in [0.25, 0.3) is 0 Å². The number of carbonyl (C=O) groups is 2. The van der Waals surface area contributed by atoms with E-state index in [1.54, 1.807) is 38.1 Å². The second-order valence-electron chi connectivity index (χ2n) is 5.90. The lowest BCUT2D eigenvalue weighted by molar-refractivity contribution is -0.120. The molecule has 0 heterocycles. The third-order valence-electron chi connectivity index (χ3n) is 2.61. The quantitative estimate of drug-likeness (QED) is 0.772. The molecular weight excluding hydrogens is 254 g/mol. The van der Waals surface area contributed by atoms with Crippen molar-refractivity contribution in [1.29, 1.82) is 0 Å². The zero-order valence-corrected chi connectivity index (χ0v) is 12.5. The largest absolute Gasteiger partial charge is 0.326 e. The first-order chi connectivity index (χ1) is 9.18. The summed E-state index contributed by atoms with van der Waals surface area (Å²) in [5, 5.41) is 5.53. The van der Waals surface area contributed by atoms with E-state index in [9.17, 15) is 9.59 Å². The van der Waals surface area contributed by atoms with Crippen molar-refractivity contribution >= 4 is 23.2 Å². The lowest BCUT2D eigenvalue weighted by atomic mass is 10.1. The zero-order chi connectivity index (χ0) is 15.3. The fraction of sp³-hybridized carbons (Fsp3) is 0.467. The topological polar surface area (TPSA) is 84.2 Å². The van der Waals surface area contributed by atoms with Gasteiger partial charge in [-0.25, -0.2) is 0 Å². The molecular formula is C15H23N3O2. The Bertz CT molecular complexity index is 473. The summed E-state index contributed by atoms with van der Waals surface area (Å²) in [6.07, 6.45) is 0.486. The molecule has 1 rings (SSSR count). The number of benzene rings is 1. The van der Waals surface area contributed by atoms with Crippen LogP contribution in [-0.2, 0) is 9.59 Å². The van der Waals surface area contributed by atoms with Gasteiger partial charge in [0.1, 0.15) is 0 Å². The number of carbonyl (C=O) groups excluding carboxylic acids is 2. The molecule has 20 heavy (non-hydrogen) atoms. The van der Waals surface area contributed by atoms with Gasteiger partial charge < -0.3 is 16.4 Å². The average Bonchev–Trinajstić information content (AvgIpc) is 2.29. The molecule has 4 N–H and O–H groups in total. The van der Waals surface area contributed by atoms with E-state index in [4.69, 9.17) is 5.73 Å². The van der Waals surface area contributed by atoms with Gasteiger partial charge in [-0.05, 0) is 44.0 Å². The molecule has 0 bridgehead atoms. The van der Waals surface area contributed by atoms with Crippen molar-refractivity contribution in [2.45, 2.75) is 39.7 Å². The highest BCUT2D eigenvalue weighted by Gasteiger charge is 2.21. The Balaban J connectivity index is 2.61. The van der Waals surface area contributed by atoms with Gasteiger partial charge in [0.15, 0.2) is 0 Å². The number of nitrogens with one attached hydrogen (secondary N) is 2. The molecule has 0 saturated carbocycles. The van der Waals surface area contributed by atoms with E-state index >= 15 is 0 Å². The number of hydrogen-bond acceptors (Lipinski definition) is 3. The van der Waals surface area contributed by atoms with Gasteiger partial charge in [0.2, 0.25) is 11.8 Å². The Morgan fingerprint density at radius 1 is 1.10 bits per heavy atom. The first-order valence-corrected chi connectivity index (χ1v) is 6.68. The predicted octanol–water partition coefficient (Wildman–Crippen LogP) is 2.35. The first kappa shape index (κ1) is 16.2. The molecule has 0 aliphatic carbocycles. The minimum absolute atomic E-state index is 0.0140. The highest BCUT2D eigenvalue weighted by atomic mass is 16.2. The number of hydrogen-bond donors (Lipinski definition) is 3. The normalized spacial score (nSPS) is 11.3. The molecule has 1 aromatic rings. The van der Waals surface area contributed by atoms with Gasteiger partial charge in [-0.1, -0.05) is 13.8 Å². The molecule has 0 unspecified atom stereocenters. The summed E-state index contributed by atoms with van der Waals surface area (Å²) in [4.78, 5) is 23.3. The third-order valence-corrected chi connectivity index (χ3v) is 2.61. The van der Waals surface area contributed by atoms with Crippen LogP contribution in [0.5, 0.6) is 0 Å². The minimum atomic E-state index is -0.926. The Hall–Kier alpha value is -1.88. The molecule has 0 aliphatic heterocycles. The second kappa shape index (κ2) is 6.52. The van der Waals surface area contributed by atoms with Gasteiger partial charge in [-0.15, -0.1) is 0 Å². The fourth-order valence-corrected chi connectivity index (χ4v) is 1.51. The van der Waals surface area contributed by atoms with Crippen LogP contribution in [0.3, 0.4) is 0 Å². The van der Waals surface area contributed by atoms with E-state index in [1.807, 2.05) is 13.8 Å². The van der Waals surface area contributed by atoms with Crippen LogP contribution in [0.1, 0.15) is 34.1 Å². The van der Waals surface area contributed by atoms with Crippen LogP contribution in [0.15, 0.2) is 24.3 Å². The number of amides is 2. The maximum atomic E-state index is 11.7. The monoisotopic (exact) mass is 277 g/mol. The van der Waals surface area contributed by atoms with Gasteiger partial charge in [0.05, 0.1) is 5.54 Å². The third kappa shape index (κ3) is 5.40. The van der Waals surface area contributed by atoms with Crippen molar-refractivity contribution in [3.05, 3.63) is 24.3 Å².